The molecule has 3 rings (SSSR count). The summed E-state index contributed by atoms with van der Waals surface area (Å²) in [6, 6.07) is 17.2. The van der Waals surface area contributed by atoms with E-state index in [1.165, 1.54) is 6.07 Å². The van der Waals surface area contributed by atoms with Crippen molar-refractivity contribution in [2.75, 3.05) is 6.61 Å². The van der Waals surface area contributed by atoms with Crippen LogP contribution >= 0.6 is 0 Å². The molecule has 3 aromatic rings. The zero-order chi connectivity index (χ0) is 24.0. The van der Waals surface area contributed by atoms with Crippen molar-refractivity contribution >= 4 is 11.8 Å². The van der Waals surface area contributed by atoms with Gasteiger partial charge in [-0.25, -0.2) is 19.2 Å². The van der Waals surface area contributed by atoms with E-state index in [9.17, 15) is 18.4 Å². The van der Waals surface area contributed by atoms with E-state index >= 15 is 0 Å². The minimum absolute atomic E-state index is 0.204. The van der Waals surface area contributed by atoms with Crippen molar-refractivity contribution in [3.8, 4) is 16.9 Å². The summed E-state index contributed by atoms with van der Waals surface area (Å²) in [5.74, 6) is -3.21. The van der Waals surface area contributed by atoms with E-state index in [1.807, 2.05) is 19.1 Å². The third-order valence-electron chi connectivity index (χ3n) is 4.90. The highest BCUT2D eigenvalue weighted by Crippen LogP contribution is 2.35. The molecule has 1 N–H and O–H groups in total. The Hall–Kier alpha value is -3.58. The molecule has 3 aromatic carbocycles. The van der Waals surface area contributed by atoms with Crippen molar-refractivity contribution in [3.05, 3.63) is 89.5 Å². The van der Waals surface area contributed by atoms with Gasteiger partial charge in [0.25, 0.3) is 11.8 Å². The summed E-state index contributed by atoms with van der Waals surface area (Å²) in [6.07, 6.45) is 0.643. The van der Waals surface area contributed by atoms with Crippen molar-refractivity contribution in [1.29, 1.82) is 0 Å². The van der Waals surface area contributed by atoms with Crippen LogP contribution in [0.4, 0.5) is 8.78 Å². The second-order valence-corrected chi connectivity index (χ2v) is 7.75. The van der Waals surface area contributed by atoms with Crippen molar-refractivity contribution in [1.82, 2.24) is 10.4 Å². The van der Waals surface area contributed by atoms with E-state index in [2.05, 4.69) is 5.43 Å². The summed E-state index contributed by atoms with van der Waals surface area (Å²) < 4.78 is 34.4. The molecule has 0 saturated heterocycles. The third-order valence-corrected chi connectivity index (χ3v) is 4.90. The summed E-state index contributed by atoms with van der Waals surface area (Å²) in [5.41, 5.74) is 4.80. The summed E-state index contributed by atoms with van der Waals surface area (Å²) in [6.45, 7) is 4.86. The van der Waals surface area contributed by atoms with Gasteiger partial charge in [0.2, 0.25) is 0 Å². The van der Waals surface area contributed by atoms with Crippen LogP contribution in [0.2, 0.25) is 0 Å². The lowest BCUT2D eigenvalue weighted by Gasteiger charge is -2.24. The molecule has 33 heavy (non-hydrogen) atoms. The molecule has 0 aliphatic carbocycles. The van der Waals surface area contributed by atoms with Gasteiger partial charge in [0.15, 0.2) is 18.2 Å². The van der Waals surface area contributed by atoms with E-state index < -0.39 is 30.1 Å². The Morgan fingerprint density at radius 3 is 2.30 bits per heavy atom. The van der Waals surface area contributed by atoms with E-state index in [1.54, 1.807) is 56.3 Å². The standard InChI is InChI=1S/C26H26F2N2O3/c1-4-18-10-8-9-13-21(18)22-14-20(27)15-23(28)25(22)33-16-24(31)30(29-17(2)3)26(32)19-11-6-5-7-12-19/h5-15,17,29H,4,16H2,1-3H3. The molecule has 0 aliphatic rings. The van der Waals surface area contributed by atoms with Gasteiger partial charge in [0, 0.05) is 23.2 Å². The number of imide groups is 1. The van der Waals surface area contributed by atoms with Crippen LogP contribution in [0.25, 0.3) is 11.1 Å². The second-order valence-electron chi connectivity index (χ2n) is 7.75. The van der Waals surface area contributed by atoms with Crippen LogP contribution in [0, 0.1) is 11.6 Å². The van der Waals surface area contributed by atoms with Gasteiger partial charge in [-0.2, -0.15) is 0 Å². The maximum atomic E-state index is 14.7. The van der Waals surface area contributed by atoms with Crippen LogP contribution in [-0.4, -0.2) is 29.5 Å². The number of aryl methyl sites for hydroxylation is 1. The van der Waals surface area contributed by atoms with Crippen LogP contribution in [0.1, 0.15) is 36.7 Å². The van der Waals surface area contributed by atoms with Crippen LogP contribution in [0.3, 0.4) is 0 Å². The molecule has 172 valence electrons. The molecular weight excluding hydrogens is 426 g/mol. The molecule has 0 heterocycles. The quantitative estimate of drug-likeness (QED) is 0.480. The fourth-order valence-corrected chi connectivity index (χ4v) is 3.41. The number of rotatable bonds is 8. The third kappa shape index (κ3) is 5.81. The van der Waals surface area contributed by atoms with Gasteiger partial charge in [-0.3, -0.25) is 9.59 Å². The van der Waals surface area contributed by atoms with Crippen molar-refractivity contribution in [3.63, 3.8) is 0 Å². The molecule has 0 unspecified atom stereocenters. The van der Waals surface area contributed by atoms with Gasteiger partial charge < -0.3 is 4.74 Å². The molecule has 7 heteroatoms. The van der Waals surface area contributed by atoms with E-state index in [4.69, 9.17) is 4.74 Å². The van der Waals surface area contributed by atoms with Crippen molar-refractivity contribution < 1.29 is 23.1 Å². The normalized spacial score (nSPS) is 10.8. The van der Waals surface area contributed by atoms with Crippen LogP contribution in [-0.2, 0) is 11.2 Å². The van der Waals surface area contributed by atoms with Gasteiger partial charge in [0.1, 0.15) is 5.82 Å². The fraction of sp³-hybridized carbons (Fsp3) is 0.231. The predicted molar refractivity (Wildman–Crippen MR) is 123 cm³/mol. The number of halogens is 2. The number of ether oxygens (including phenoxy) is 1. The molecule has 2 amide bonds. The Morgan fingerprint density at radius 2 is 1.64 bits per heavy atom. The van der Waals surface area contributed by atoms with Crippen LogP contribution < -0.4 is 10.2 Å². The minimum atomic E-state index is -0.929. The molecule has 0 spiro atoms. The second kappa shape index (κ2) is 10.8. The molecule has 0 bridgehead atoms. The smallest absolute Gasteiger partial charge is 0.281 e. The lowest BCUT2D eigenvalue weighted by atomic mass is 9.97. The molecule has 0 fully saturated rings. The highest BCUT2D eigenvalue weighted by Gasteiger charge is 2.25. The molecule has 0 saturated carbocycles. The highest BCUT2D eigenvalue weighted by molar-refractivity contribution is 6.04. The van der Waals surface area contributed by atoms with Gasteiger partial charge >= 0.3 is 0 Å². The summed E-state index contributed by atoms with van der Waals surface area (Å²) in [4.78, 5) is 25.8. The zero-order valence-electron chi connectivity index (χ0n) is 18.8. The number of carbonyl (C=O) groups excluding carboxylic acids is 2. The molecule has 5 nitrogen and oxygen atoms in total. The Kier molecular flexibility index (Phi) is 7.90. The Morgan fingerprint density at radius 1 is 0.970 bits per heavy atom. The number of hydrazine groups is 1. The number of carbonyl (C=O) groups is 2. The number of nitrogens with one attached hydrogen (secondary N) is 1. The maximum absolute atomic E-state index is 14.7. The molecular formula is C26H26F2N2O3. The number of nitrogens with zero attached hydrogens (tertiary/aromatic N) is 1. The monoisotopic (exact) mass is 452 g/mol. The number of hydrogen-bond donors (Lipinski definition) is 1. The predicted octanol–water partition coefficient (Wildman–Crippen LogP) is 5.16. The first kappa shape index (κ1) is 24.1. The number of amides is 2. The number of hydrogen-bond acceptors (Lipinski definition) is 4. The molecule has 0 radical (unpaired) electrons. The maximum Gasteiger partial charge on any atom is 0.281 e. The van der Waals surface area contributed by atoms with Crippen molar-refractivity contribution in [2.45, 2.75) is 33.2 Å². The van der Waals surface area contributed by atoms with E-state index in [0.29, 0.717) is 23.6 Å². The Labute approximate surface area is 192 Å². The van der Waals surface area contributed by atoms with E-state index in [-0.39, 0.29) is 17.4 Å². The summed E-state index contributed by atoms with van der Waals surface area (Å²) in [5, 5.41) is 0.862. The van der Waals surface area contributed by atoms with E-state index in [0.717, 1.165) is 10.6 Å². The number of benzene rings is 3. The Bertz CT molecular complexity index is 1130. The first-order chi connectivity index (χ1) is 15.8. The Balaban J connectivity index is 1.90. The van der Waals surface area contributed by atoms with Gasteiger partial charge in [-0.15, -0.1) is 0 Å². The lowest BCUT2D eigenvalue weighted by Crippen LogP contribution is -2.51. The minimum Gasteiger partial charge on any atom is -0.480 e. The van der Waals surface area contributed by atoms with Crippen LogP contribution in [0.15, 0.2) is 66.7 Å². The average molecular weight is 453 g/mol. The largest absolute Gasteiger partial charge is 0.480 e. The zero-order valence-corrected chi connectivity index (χ0v) is 18.8. The molecule has 0 atom stereocenters. The van der Waals surface area contributed by atoms with Gasteiger partial charge in [-0.1, -0.05) is 49.4 Å². The fourth-order valence-electron chi connectivity index (χ4n) is 3.41. The first-order valence-electron chi connectivity index (χ1n) is 10.7. The molecule has 0 aromatic heterocycles. The molecule has 0 aliphatic heterocycles. The van der Waals surface area contributed by atoms with Crippen molar-refractivity contribution in [2.24, 2.45) is 0 Å². The average Bonchev–Trinajstić information content (AvgIpc) is 2.81. The van der Waals surface area contributed by atoms with Crippen LogP contribution in [0.5, 0.6) is 5.75 Å². The SMILES string of the molecule is CCc1ccccc1-c1cc(F)cc(F)c1OCC(=O)N(NC(C)C)C(=O)c1ccccc1. The summed E-state index contributed by atoms with van der Waals surface area (Å²) in [7, 11) is 0. The lowest BCUT2D eigenvalue weighted by molar-refractivity contribution is -0.133. The summed E-state index contributed by atoms with van der Waals surface area (Å²) >= 11 is 0. The first-order valence-corrected chi connectivity index (χ1v) is 10.7. The highest BCUT2D eigenvalue weighted by atomic mass is 19.1. The van der Waals surface area contributed by atoms with Gasteiger partial charge in [0.05, 0.1) is 0 Å². The topological polar surface area (TPSA) is 58.6 Å². The van der Waals surface area contributed by atoms with Gasteiger partial charge in [-0.05, 0) is 49.6 Å².